The fourth-order valence-electron chi connectivity index (χ4n) is 1.74. The normalized spacial score (nSPS) is 11.3. The number of pyridine rings is 1. The summed E-state index contributed by atoms with van der Waals surface area (Å²) in [5, 5.41) is 11.1. The van der Waals surface area contributed by atoms with Crippen LogP contribution in [-0.4, -0.2) is 22.6 Å². The number of nitrogens with zero attached hydrogens (tertiary/aromatic N) is 1. The third kappa shape index (κ3) is 5.90. The summed E-state index contributed by atoms with van der Waals surface area (Å²) in [7, 11) is 0. The van der Waals surface area contributed by atoms with Crippen molar-refractivity contribution in [3.63, 3.8) is 0 Å². The van der Waals surface area contributed by atoms with Crippen LogP contribution in [0, 0.1) is 0 Å². The molecule has 0 radical (unpaired) electrons. The number of anilines is 1. The van der Waals surface area contributed by atoms with Crippen LogP contribution in [0.5, 0.6) is 0 Å². The minimum absolute atomic E-state index is 0.131. The maximum Gasteiger partial charge on any atom is 0.419 e. The number of carboxylic acid groups (broad SMARTS) is 1. The molecule has 1 heterocycles. The van der Waals surface area contributed by atoms with Crippen molar-refractivity contribution < 1.29 is 23.1 Å². The van der Waals surface area contributed by atoms with E-state index in [1.54, 1.807) is 0 Å². The van der Waals surface area contributed by atoms with Gasteiger partial charge in [-0.3, -0.25) is 4.79 Å². The highest BCUT2D eigenvalue weighted by molar-refractivity contribution is 5.66. The Morgan fingerprint density at radius 2 is 1.95 bits per heavy atom. The summed E-state index contributed by atoms with van der Waals surface area (Å²) < 4.78 is 38.0. The van der Waals surface area contributed by atoms with Gasteiger partial charge in [0.25, 0.3) is 0 Å². The lowest BCUT2D eigenvalue weighted by Crippen LogP contribution is -2.13. The zero-order valence-corrected chi connectivity index (χ0v) is 10.9. The molecule has 0 aliphatic rings. The van der Waals surface area contributed by atoms with Gasteiger partial charge in [-0.1, -0.05) is 12.8 Å². The number of unbranched alkanes of at least 4 members (excludes halogenated alkanes) is 3. The molecule has 1 aromatic heterocycles. The fraction of sp³-hybridized carbons (Fsp3) is 0.538. The van der Waals surface area contributed by atoms with E-state index in [0.717, 1.165) is 18.9 Å². The Morgan fingerprint density at radius 1 is 1.25 bits per heavy atom. The zero-order valence-electron chi connectivity index (χ0n) is 10.9. The van der Waals surface area contributed by atoms with Crippen molar-refractivity contribution in [1.29, 1.82) is 0 Å². The number of alkyl halides is 3. The number of aliphatic carboxylic acids is 1. The Labute approximate surface area is 115 Å². The van der Waals surface area contributed by atoms with Crippen LogP contribution in [-0.2, 0) is 11.0 Å². The minimum atomic E-state index is -4.42. The predicted molar refractivity (Wildman–Crippen MR) is 68.4 cm³/mol. The van der Waals surface area contributed by atoms with Gasteiger partial charge in [0.05, 0.1) is 5.56 Å². The van der Waals surface area contributed by atoms with E-state index >= 15 is 0 Å². The monoisotopic (exact) mass is 290 g/mol. The molecule has 0 saturated heterocycles. The molecule has 0 aliphatic heterocycles. The van der Waals surface area contributed by atoms with E-state index < -0.39 is 17.7 Å². The van der Waals surface area contributed by atoms with Gasteiger partial charge < -0.3 is 10.4 Å². The summed E-state index contributed by atoms with van der Waals surface area (Å²) in [5.41, 5.74) is -0.772. The topological polar surface area (TPSA) is 62.2 Å². The van der Waals surface area contributed by atoms with Crippen LogP contribution in [0.1, 0.15) is 37.7 Å². The number of hydrogen-bond acceptors (Lipinski definition) is 3. The van der Waals surface area contributed by atoms with Crippen molar-refractivity contribution in [2.45, 2.75) is 38.3 Å². The Balaban J connectivity index is 2.31. The summed E-state index contributed by atoms with van der Waals surface area (Å²) in [5.74, 6) is -0.989. The molecule has 0 aliphatic carbocycles. The van der Waals surface area contributed by atoms with Crippen molar-refractivity contribution in [3.8, 4) is 0 Å². The second kappa shape index (κ2) is 7.72. The van der Waals surface area contributed by atoms with Crippen LogP contribution in [0.25, 0.3) is 0 Å². The van der Waals surface area contributed by atoms with E-state index in [0.29, 0.717) is 19.4 Å². The van der Waals surface area contributed by atoms with Crippen LogP contribution in [0.3, 0.4) is 0 Å². The molecule has 0 amide bonds. The lowest BCUT2D eigenvalue weighted by molar-refractivity contribution is -0.138. The van der Waals surface area contributed by atoms with Gasteiger partial charge in [0.2, 0.25) is 0 Å². The van der Waals surface area contributed by atoms with Gasteiger partial charge in [0.15, 0.2) is 0 Å². The van der Waals surface area contributed by atoms with E-state index in [4.69, 9.17) is 5.11 Å². The summed E-state index contributed by atoms with van der Waals surface area (Å²) in [6.45, 7) is 0.382. The van der Waals surface area contributed by atoms with Gasteiger partial charge in [-0.2, -0.15) is 13.2 Å². The number of carboxylic acids is 1. The third-order valence-electron chi connectivity index (χ3n) is 2.72. The van der Waals surface area contributed by atoms with Crippen LogP contribution < -0.4 is 5.32 Å². The molecule has 2 N–H and O–H groups in total. The molecule has 1 rings (SSSR count). The molecular formula is C13H17F3N2O2. The van der Waals surface area contributed by atoms with Gasteiger partial charge in [-0.15, -0.1) is 0 Å². The van der Waals surface area contributed by atoms with E-state index in [1.165, 1.54) is 12.3 Å². The first kappa shape index (κ1) is 16.3. The van der Waals surface area contributed by atoms with Crippen molar-refractivity contribution >= 4 is 11.8 Å². The molecule has 0 atom stereocenters. The van der Waals surface area contributed by atoms with E-state index in [-0.39, 0.29) is 12.2 Å². The summed E-state index contributed by atoms with van der Waals surface area (Å²) >= 11 is 0. The second-order valence-electron chi connectivity index (χ2n) is 4.38. The lowest BCUT2D eigenvalue weighted by Gasteiger charge is -2.12. The smallest absolute Gasteiger partial charge is 0.419 e. The van der Waals surface area contributed by atoms with E-state index in [2.05, 4.69) is 10.3 Å². The molecule has 0 spiro atoms. The van der Waals surface area contributed by atoms with Gasteiger partial charge >= 0.3 is 12.1 Å². The minimum Gasteiger partial charge on any atom is -0.481 e. The van der Waals surface area contributed by atoms with E-state index in [1.807, 2.05) is 0 Å². The van der Waals surface area contributed by atoms with Crippen molar-refractivity contribution in [2.75, 3.05) is 11.9 Å². The number of hydrogen-bond donors (Lipinski definition) is 2. The number of carbonyl (C=O) groups is 1. The van der Waals surface area contributed by atoms with Gasteiger partial charge in [-0.25, -0.2) is 4.98 Å². The maximum atomic E-state index is 12.7. The number of aromatic nitrogens is 1. The van der Waals surface area contributed by atoms with Crippen LogP contribution in [0.2, 0.25) is 0 Å². The molecule has 0 unspecified atom stereocenters. The largest absolute Gasteiger partial charge is 0.481 e. The highest BCUT2D eigenvalue weighted by Crippen LogP contribution is 2.33. The molecule has 0 saturated carbocycles. The summed E-state index contributed by atoms with van der Waals surface area (Å²) in [4.78, 5) is 14.0. The predicted octanol–water partition coefficient (Wildman–Crippen LogP) is 3.55. The zero-order chi connectivity index (χ0) is 15.0. The van der Waals surface area contributed by atoms with Crippen molar-refractivity contribution in [2.24, 2.45) is 0 Å². The molecule has 0 aromatic carbocycles. The molecule has 1 aromatic rings. The van der Waals surface area contributed by atoms with Crippen LogP contribution in [0.4, 0.5) is 19.0 Å². The standard InChI is InChI=1S/C13H17F3N2O2/c14-13(15,16)10-6-5-9-18-12(10)17-8-4-2-1-3-7-11(19)20/h5-6,9H,1-4,7-8H2,(H,17,18)(H,19,20). The quantitative estimate of drug-likeness (QED) is 0.719. The van der Waals surface area contributed by atoms with E-state index in [9.17, 15) is 18.0 Å². The maximum absolute atomic E-state index is 12.7. The van der Waals surface area contributed by atoms with Gasteiger partial charge in [-0.05, 0) is 25.0 Å². The first-order valence-corrected chi connectivity index (χ1v) is 6.39. The summed E-state index contributed by atoms with van der Waals surface area (Å²) in [6.07, 6.45) is -0.189. The highest BCUT2D eigenvalue weighted by Gasteiger charge is 2.33. The number of rotatable bonds is 8. The molecule has 7 heteroatoms. The molecule has 112 valence electrons. The fourth-order valence-corrected chi connectivity index (χ4v) is 1.74. The molecule has 0 bridgehead atoms. The average molecular weight is 290 g/mol. The van der Waals surface area contributed by atoms with Gasteiger partial charge in [0, 0.05) is 19.2 Å². The second-order valence-corrected chi connectivity index (χ2v) is 4.38. The van der Waals surface area contributed by atoms with Crippen molar-refractivity contribution in [3.05, 3.63) is 23.9 Å². The Morgan fingerprint density at radius 3 is 2.60 bits per heavy atom. The molecule has 20 heavy (non-hydrogen) atoms. The van der Waals surface area contributed by atoms with Gasteiger partial charge in [0.1, 0.15) is 5.82 Å². The number of halogens is 3. The number of nitrogens with one attached hydrogen (secondary N) is 1. The molecule has 4 nitrogen and oxygen atoms in total. The molecule has 0 fully saturated rings. The Kier molecular flexibility index (Phi) is 6.27. The Bertz CT molecular complexity index is 436. The average Bonchev–Trinajstić information content (AvgIpc) is 2.36. The first-order chi connectivity index (χ1) is 9.41. The lowest BCUT2D eigenvalue weighted by atomic mass is 10.1. The third-order valence-corrected chi connectivity index (χ3v) is 2.72. The van der Waals surface area contributed by atoms with Crippen LogP contribution in [0.15, 0.2) is 18.3 Å². The van der Waals surface area contributed by atoms with Crippen molar-refractivity contribution in [1.82, 2.24) is 4.98 Å². The SMILES string of the molecule is O=C(O)CCCCCCNc1ncccc1C(F)(F)F. The highest BCUT2D eigenvalue weighted by atomic mass is 19.4. The first-order valence-electron chi connectivity index (χ1n) is 6.39. The summed E-state index contributed by atoms with van der Waals surface area (Å²) in [6, 6.07) is 2.24. The Hall–Kier alpha value is -1.79. The molecular weight excluding hydrogens is 273 g/mol. The van der Waals surface area contributed by atoms with Crippen LogP contribution >= 0.6 is 0 Å².